The number of carbonyl (C=O) groups is 2. The van der Waals surface area contributed by atoms with Gasteiger partial charge in [-0.1, -0.05) is 36.4 Å². The van der Waals surface area contributed by atoms with E-state index in [0.29, 0.717) is 12.1 Å². The SMILES string of the molecule is O=C(CCC(=O)OCCc1ccccc1)Nc1cccc([N+](=O)[O-])c1. The number of benzene rings is 2. The minimum absolute atomic E-state index is 0.0461. The molecule has 7 nitrogen and oxygen atoms in total. The van der Waals surface area contributed by atoms with Crippen molar-refractivity contribution in [3.05, 3.63) is 70.3 Å². The van der Waals surface area contributed by atoms with Crippen molar-refractivity contribution in [1.29, 1.82) is 0 Å². The van der Waals surface area contributed by atoms with Gasteiger partial charge in [0.1, 0.15) is 0 Å². The number of ether oxygens (including phenoxy) is 1. The third-order valence-electron chi connectivity index (χ3n) is 3.39. The second kappa shape index (κ2) is 9.17. The summed E-state index contributed by atoms with van der Waals surface area (Å²) in [5, 5.41) is 13.2. The topological polar surface area (TPSA) is 98.5 Å². The van der Waals surface area contributed by atoms with Crippen molar-refractivity contribution in [1.82, 2.24) is 0 Å². The highest BCUT2D eigenvalue weighted by molar-refractivity contribution is 5.92. The van der Waals surface area contributed by atoms with E-state index in [0.717, 1.165) is 5.56 Å². The molecular formula is C18H18N2O5. The summed E-state index contributed by atoms with van der Waals surface area (Å²) in [6.45, 7) is 0.259. The zero-order valence-corrected chi connectivity index (χ0v) is 13.5. The van der Waals surface area contributed by atoms with E-state index in [1.807, 2.05) is 30.3 Å². The summed E-state index contributed by atoms with van der Waals surface area (Å²) in [6, 6.07) is 15.2. The second-order valence-corrected chi connectivity index (χ2v) is 5.31. The molecule has 0 heterocycles. The Morgan fingerprint density at radius 3 is 2.52 bits per heavy atom. The van der Waals surface area contributed by atoms with Crippen molar-refractivity contribution >= 4 is 23.3 Å². The number of nitrogens with one attached hydrogen (secondary N) is 1. The van der Waals surface area contributed by atoms with Gasteiger partial charge in [0.2, 0.25) is 5.91 Å². The third kappa shape index (κ3) is 6.42. The van der Waals surface area contributed by atoms with Crippen LogP contribution in [0.15, 0.2) is 54.6 Å². The number of hydrogen-bond acceptors (Lipinski definition) is 5. The molecule has 7 heteroatoms. The van der Waals surface area contributed by atoms with Crippen molar-refractivity contribution in [2.75, 3.05) is 11.9 Å². The largest absolute Gasteiger partial charge is 0.465 e. The van der Waals surface area contributed by atoms with Crippen LogP contribution in [0.3, 0.4) is 0 Å². The zero-order chi connectivity index (χ0) is 18.1. The number of nitro groups is 1. The summed E-state index contributed by atoms with van der Waals surface area (Å²) in [4.78, 5) is 33.6. The first kappa shape index (κ1) is 18.1. The van der Waals surface area contributed by atoms with Crippen molar-refractivity contribution in [2.45, 2.75) is 19.3 Å². The van der Waals surface area contributed by atoms with Crippen molar-refractivity contribution in [3.63, 3.8) is 0 Å². The molecule has 0 spiro atoms. The Balaban J connectivity index is 1.69. The van der Waals surface area contributed by atoms with E-state index in [9.17, 15) is 19.7 Å². The molecule has 0 bridgehead atoms. The summed E-state index contributed by atoms with van der Waals surface area (Å²) in [7, 11) is 0. The van der Waals surface area contributed by atoms with Crippen molar-refractivity contribution in [3.8, 4) is 0 Å². The first-order chi connectivity index (χ1) is 12.0. The highest BCUT2D eigenvalue weighted by Crippen LogP contribution is 2.17. The van der Waals surface area contributed by atoms with E-state index in [4.69, 9.17) is 4.74 Å². The molecule has 2 aromatic rings. The zero-order valence-electron chi connectivity index (χ0n) is 13.5. The molecule has 0 saturated carbocycles. The van der Waals surface area contributed by atoms with E-state index < -0.39 is 16.8 Å². The van der Waals surface area contributed by atoms with Crippen LogP contribution in [0, 0.1) is 10.1 Å². The lowest BCUT2D eigenvalue weighted by atomic mass is 10.2. The highest BCUT2D eigenvalue weighted by atomic mass is 16.6. The van der Waals surface area contributed by atoms with Crippen LogP contribution >= 0.6 is 0 Å². The van der Waals surface area contributed by atoms with Gasteiger partial charge in [0.15, 0.2) is 0 Å². The van der Waals surface area contributed by atoms with Gasteiger partial charge in [0, 0.05) is 30.7 Å². The average molecular weight is 342 g/mol. The second-order valence-electron chi connectivity index (χ2n) is 5.31. The summed E-state index contributed by atoms with van der Waals surface area (Å²) in [5.74, 6) is -0.856. The number of rotatable bonds is 8. The van der Waals surface area contributed by atoms with Gasteiger partial charge in [-0.3, -0.25) is 19.7 Å². The van der Waals surface area contributed by atoms with Gasteiger partial charge in [-0.25, -0.2) is 0 Å². The van der Waals surface area contributed by atoms with Crippen molar-refractivity contribution < 1.29 is 19.2 Å². The minimum Gasteiger partial charge on any atom is -0.465 e. The maximum Gasteiger partial charge on any atom is 0.306 e. The molecule has 0 radical (unpaired) electrons. The average Bonchev–Trinajstić information content (AvgIpc) is 2.61. The van der Waals surface area contributed by atoms with E-state index >= 15 is 0 Å². The van der Waals surface area contributed by atoms with Crippen LogP contribution in [-0.4, -0.2) is 23.4 Å². The standard InChI is InChI=1S/C18H18N2O5/c21-17(19-15-7-4-8-16(13-15)20(23)24)9-10-18(22)25-12-11-14-5-2-1-3-6-14/h1-8,13H,9-12H2,(H,19,21). The lowest BCUT2D eigenvalue weighted by Crippen LogP contribution is -2.15. The molecule has 0 aliphatic carbocycles. The number of non-ortho nitro benzene ring substituents is 1. The van der Waals surface area contributed by atoms with E-state index in [1.165, 1.54) is 18.2 Å². The van der Waals surface area contributed by atoms with E-state index in [2.05, 4.69) is 5.32 Å². The van der Waals surface area contributed by atoms with E-state index in [-0.39, 0.29) is 25.1 Å². The van der Waals surface area contributed by atoms with Crippen LogP contribution in [0.4, 0.5) is 11.4 Å². The molecule has 1 N–H and O–H groups in total. The fraction of sp³-hybridized carbons (Fsp3) is 0.222. The Morgan fingerprint density at radius 2 is 1.80 bits per heavy atom. The molecule has 0 aliphatic heterocycles. The summed E-state index contributed by atoms with van der Waals surface area (Å²) >= 11 is 0. The number of carbonyl (C=O) groups excluding carboxylic acids is 2. The number of esters is 1. The molecule has 0 aliphatic rings. The van der Waals surface area contributed by atoms with Crippen LogP contribution in [-0.2, 0) is 20.7 Å². The molecule has 2 rings (SSSR count). The van der Waals surface area contributed by atoms with E-state index in [1.54, 1.807) is 6.07 Å². The van der Waals surface area contributed by atoms with Gasteiger partial charge in [-0.15, -0.1) is 0 Å². The van der Waals surface area contributed by atoms with Crippen molar-refractivity contribution in [2.24, 2.45) is 0 Å². The Kier molecular flexibility index (Phi) is 6.65. The Bertz CT molecular complexity index is 746. The van der Waals surface area contributed by atoms with Crippen LogP contribution in [0.5, 0.6) is 0 Å². The summed E-state index contributed by atoms with van der Waals surface area (Å²) in [6.07, 6.45) is 0.523. The maximum atomic E-state index is 11.8. The molecule has 1 amide bonds. The minimum atomic E-state index is -0.542. The normalized spacial score (nSPS) is 10.1. The number of amides is 1. The number of nitrogens with zero attached hydrogens (tertiary/aromatic N) is 1. The fourth-order valence-corrected chi connectivity index (χ4v) is 2.14. The van der Waals surface area contributed by atoms with Gasteiger partial charge < -0.3 is 10.1 Å². The van der Waals surface area contributed by atoms with Gasteiger partial charge in [0.25, 0.3) is 5.69 Å². The van der Waals surface area contributed by atoms with Crippen LogP contribution < -0.4 is 5.32 Å². The molecule has 0 saturated heterocycles. The molecular weight excluding hydrogens is 324 g/mol. The predicted molar refractivity (Wildman–Crippen MR) is 92.1 cm³/mol. The summed E-state index contributed by atoms with van der Waals surface area (Å²) in [5.41, 5.74) is 1.27. The third-order valence-corrected chi connectivity index (χ3v) is 3.39. The number of hydrogen-bond donors (Lipinski definition) is 1. The lowest BCUT2D eigenvalue weighted by molar-refractivity contribution is -0.384. The first-order valence-electron chi connectivity index (χ1n) is 7.78. The van der Waals surface area contributed by atoms with Gasteiger partial charge in [-0.2, -0.15) is 0 Å². The van der Waals surface area contributed by atoms with Crippen LogP contribution in [0.1, 0.15) is 18.4 Å². The Morgan fingerprint density at radius 1 is 1.04 bits per heavy atom. The quantitative estimate of drug-likeness (QED) is 0.451. The van der Waals surface area contributed by atoms with Gasteiger partial charge >= 0.3 is 5.97 Å². The predicted octanol–water partition coefficient (Wildman–Crippen LogP) is 3.10. The Labute approximate surface area is 144 Å². The van der Waals surface area contributed by atoms with Gasteiger partial charge in [0.05, 0.1) is 18.0 Å². The Hall–Kier alpha value is -3.22. The molecule has 25 heavy (non-hydrogen) atoms. The smallest absolute Gasteiger partial charge is 0.306 e. The number of nitro benzene ring substituents is 1. The van der Waals surface area contributed by atoms with Crippen LogP contribution in [0.25, 0.3) is 0 Å². The molecule has 0 atom stereocenters. The molecule has 0 unspecified atom stereocenters. The number of anilines is 1. The lowest BCUT2D eigenvalue weighted by Gasteiger charge is -2.06. The first-order valence-corrected chi connectivity index (χ1v) is 7.78. The molecule has 2 aromatic carbocycles. The molecule has 130 valence electrons. The molecule has 0 fully saturated rings. The van der Waals surface area contributed by atoms with Crippen LogP contribution in [0.2, 0.25) is 0 Å². The summed E-state index contributed by atoms with van der Waals surface area (Å²) < 4.78 is 5.09. The highest BCUT2D eigenvalue weighted by Gasteiger charge is 2.11. The molecule has 0 aromatic heterocycles. The maximum absolute atomic E-state index is 11.8. The fourth-order valence-electron chi connectivity index (χ4n) is 2.14. The van der Waals surface area contributed by atoms with Gasteiger partial charge in [-0.05, 0) is 11.6 Å². The monoisotopic (exact) mass is 342 g/mol.